The lowest BCUT2D eigenvalue weighted by molar-refractivity contribution is 0.0713. The number of rotatable bonds is 3. The molecule has 0 bridgehead atoms. The Morgan fingerprint density at radius 3 is 2.82 bits per heavy atom. The van der Waals surface area contributed by atoms with Crippen molar-refractivity contribution in [3.8, 4) is 5.75 Å². The normalized spacial score (nSPS) is 23.6. The molecule has 0 aliphatic carbocycles. The zero-order valence-electron chi connectivity index (χ0n) is 10.9. The summed E-state index contributed by atoms with van der Waals surface area (Å²) in [5.41, 5.74) is 1.31. The Balaban J connectivity index is 2.32. The van der Waals surface area contributed by atoms with Crippen LogP contribution < -0.4 is 4.74 Å². The van der Waals surface area contributed by atoms with E-state index in [1.165, 1.54) is 18.4 Å². The molecule has 1 heterocycles. The Kier molecular flexibility index (Phi) is 3.82. The second-order valence-corrected chi connectivity index (χ2v) is 6.69. The summed E-state index contributed by atoms with van der Waals surface area (Å²) in [5.74, 6) is 1.63. The van der Waals surface area contributed by atoms with Gasteiger partial charge in [0.1, 0.15) is 11.4 Å². The molecule has 17 heavy (non-hydrogen) atoms. The average molecular weight is 297 g/mol. The number of benzene rings is 1. The van der Waals surface area contributed by atoms with Gasteiger partial charge in [0.05, 0.1) is 0 Å². The van der Waals surface area contributed by atoms with E-state index in [2.05, 4.69) is 61.0 Å². The summed E-state index contributed by atoms with van der Waals surface area (Å²) in [4.78, 5) is 0.553. The van der Waals surface area contributed by atoms with Gasteiger partial charge in [0.15, 0.2) is 0 Å². The molecule has 2 atom stereocenters. The molecule has 2 heteroatoms. The third-order valence-electron chi connectivity index (χ3n) is 3.42. The molecule has 0 saturated carbocycles. The average Bonchev–Trinajstić information content (AvgIpc) is 2.27. The first kappa shape index (κ1) is 12.9. The summed E-state index contributed by atoms with van der Waals surface area (Å²) in [5, 5.41) is 0. The van der Waals surface area contributed by atoms with Crippen LogP contribution in [-0.2, 0) is 0 Å². The predicted molar refractivity (Wildman–Crippen MR) is 76.1 cm³/mol. The van der Waals surface area contributed by atoms with E-state index in [1.54, 1.807) is 0 Å². The molecule has 2 unspecified atom stereocenters. The van der Waals surface area contributed by atoms with E-state index in [9.17, 15) is 0 Å². The second-order valence-electron chi connectivity index (χ2n) is 5.51. The Morgan fingerprint density at radius 1 is 1.41 bits per heavy atom. The number of fused-ring (bicyclic) bond motifs is 1. The minimum absolute atomic E-state index is 0.0568. The van der Waals surface area contributed by atoms with Crippen molar-refractivity contribution in [2.45, 2.75) is 56.4 Å². The molecule has 0 radical (unpaired) electrons. The topological polar surface area (TPSA) is 9.23 Å². The van der Waals surface area contributed by atoms with E-state index in [-0.39, 0.29) is 5.60 Å². The molecule has 0 saturated heterocycles. The molecule has 0 fully saturated rings. The molecule has 1 aromatic rings. The minimum Gasteiger partial charge on any atom is -0.488 e. The van der Waals surface area contributed by atoms with Gasteiger partial charge < -0.3 is 4.74 Å². The summed E-state index contributed by atoms with van der Waals surface area (Å²) < 4.78 is 6.06. The third-order valence-corrected chi connectivity index (χ3v) is 4.51. The fraction of sp³-hybridized carbons (Fsp3) is 0.600. The van der Waals surface area contributed by atoms with Crippen LogP contribution in [0.1, 0.15) is 51.5 Å². The Morgan fingerprint density at radius 2 is 2.12 bits per heavy atom. The SMILES string of the molecule is CCCC(Br)C1CC(C)(C)Oc2ccccc21. The van der Waals surface area contributed by atoms with Gasteiger partial charge >= 0.3 is 0 Å². The van der Waals surface area contributed by atoms with Gasteiger partial charge in [0, 0.05) is 10.7 Å². The van der Waals surface area contributed by atoms with Crippen LogP contribution in [0.15, 0.2) is 24.3 Å². The molecule has 94 valence electrons. The largest absolute Gasteiger partial charge is 0.488 e. The summed E-state index contributed by atoms with van der Waals surface area (Å²) >= 11 is 3.87. The Labute approximate surface area is 113 Å². The fourth-order valence-electron chi connectivity index (χ4n) is 2.66. The van der Waals surface area contributed by atoms with Crippen molar-refractivity contribution in [2.75, 3.05) is 0 Å². The van der Waals surface area contributed by atoms with Crippen molar-refractivity contribution in [1.29, 1.82) is 0 Å². The molecule has 0 amide bonds. The number of alkyl halides is 1. The van der Waals surface area contributed by atoms with Crippen molar-refractivity contribution < 1.29 is 4.74 Å². The Bertz CT molecular complexity index is 386. The number of ether oxygens (including phenoxy) is 1. The molecular formula is C15H21BrO. The van der Waals surface area contributed by atoms with Crippen LogP contribution in [0.4, 0.5) is 0 Å². The monoisotopic (exact) mass is 296 g/mol. The van der Waals surface area contributed by atoms with E-state index < -0.39 is 0 Å². The summed E-state index contributed by atoms with van der Waals surface area (Å²) in [6.07, 6.45) is 3.52. The van der Waals surface area contributed by atoms with Gasteiger partial charge in [0.2, 0.25) is 0 Å². The van der Waals surface area contributed by atoms with Crippen molar-refractivity contribution in [3.63, 3.8) is 0 Å². The summed E-state index contributed by atoms with van der Waals surface area (Å²) in [6, 6.07) is 8.47. The third kappa shape index (κ3) is 2.85. The maximum Gasteiger partial charge on any atom is 0.123 e. The van der Waals surface area contributed by atoms with Gasteiger partial charge in [0.25, 0.3) is 0 Å². The minimum atomic E-state index is -0.0568. The van der Waals surface area contributed by atoms with Crippen LogP contribution in [0.2, 0.25) is 0 Å². The van der Waals surface area contributed by atoms with Gasteiger partial charge in [-0.2, -0.15) is 0 Å². The summed E-state index contributed by atoms with van der Waals surface area (Å²) in [6.45, 7) is 6.61. The maximum absolute atomic E-state index is 6.06. The first-order valence-corrected chi connectivity index (χ1v) is 7.37. The molecule has 1 aliphatic heterocycles. The number of halogens is 1. The molecule has 1 nitrogen and oxygen atoms in total. The van der Waals surface area contributed by atoms with E-state index in [4.69, 9.17) is 4.74 Å². The highest BCUT2D eigenvalue weighted by atomic mass is 79.9. The first-order valence-electron chi connectivity index (χ1n) is 6.45. The smallest absolute Gasteiger partial charge is 0.123 e. The molecule has 2 rings (SSSR count). The highest BCUT2D eigenvalue weighted by Gasteiger charge is 2.36. The number of hydrogen-bond donors (Lipinski definition) is 0. The van der Waals surface area contributed by atoms with E-state index in [1.807, 2.05) is 0 Å². The summed E-state index contributed by atoms with van der Waals surface area (Å²) in [7, 11) is 0. The lowest BCUT2D eigenvalue weighted by Crippen LogP contribution is -2.37. The quantitative estimate of drug-likeness (QED) is 0.721. The van der Waals surface area contributed by atoms with E-state index in [0.717, 1.165) is 12.2 Å². The van der Waals surface area contributed by atoms with Crippen molar-refractivity contribution in [3.05, 3.63) is 29.8 Å². The number of para-hydroxylation sites is 1. The Hall–Kier alpha value is -0.500. The van der Waals surface area contributed by atoms with E-state index >= 15 is 0 Å². The molecule has 0 spiro atoms. The molecule has 1 aromatic carbocycles. The van der Waals surface area contributed by atoms with Crippen molar-refractivity contribution in [2.24, 2.45) is 0 Å². The zero-order valence-corrected chi connectivity index (χ0v) is 12.5. The van der Waals surface area contributed by atoms with Crippen LogP contribution >= 0.6 is 15.9 Å². The van der Waals surface area contributed by atoms with Crippen LogP contribution in [0.3, 0.4) is 0 Å². The first-order chi connectivity index (χ1) is 8.03. The lowest BCUT2D eigenvalue weighted by Gasteiger charge is -2.39. The van der Waals surface area contributed by atoms with Gasteiger partial charge in [-0.1, -0.05) is 47.5 Å². The standard InChI is InChI=1S/C15H21BrO/c1-4-7-13(16)12-10-15(2,3)17-14-9-6-5-8-11(12)14/h5-6,8-9,12-13H,4,7,10H2,1-3H3. The van der Waals surface area contributed by atoms with Gasteiger partial charge in [-0.05, 0) is 38.3 Å². The number of hydrogen-bond acceptors (Lipinski definition) is 1. The van der Waals surface area contributed by atoms with Gasteiger partial charge in [-0.3, -0.25) is 0 Å². The van der Waals surface area contributed by atoms with Crippen molar-refractivity contribution >= 4 is 15.9 Å². The lowest BCUT2D eigenvalue weighted by atomic mass is 9.81. The van der Waals surface area contributed by atoms with Crippen LogP contribution in [0.25, 0.3) is 0 Å². The highest BCUT2D eigenvalue weighted by Crippen LogP contribution is 2.45. The fourth-order valence-corrected chi connectivity index (χ4v) is 3.59. The zero-order chi connectivity index (χ0) is 12.5. The maximum atomic E-state index is 6.06. The molecule has 1 aliphatic rings. The van der Waals surface area contributed by atoms with Crippen LogP contribution in [-0.4, -0.2) is 10.4 Å². The highest BCUT2D eigenvalue weighted by molar-refractivity contribution is 9.09. The van der Waals surface area contributed by atoms with Crippen LogP contribution in [0.5, 0.6) is 5.75 Å². The van der Waals surface area contributed by atoms with Crippen molar-refractivity contribution in [1.82, 2.24) is 0 Å². The van der Waals surface area contributed by atoms with Gasteiger partial charge in [-0.15, -0.1) is 0 Å². The molecular weight excluding hydrogens is 276 g/mol. The van der Waals surface area contributed by atoms with Crippen LogP contribution in [0, 0.1) is 0 Å². The van der Waals surface area contributed by atoms with E-state index in [0.29, 0.717) is 10.7 Å². The predicted octanol–water partition coefficient (Wildman–Crippen LogP) is 4.89. The molecule has 0 aromatic heterocycles. The molecule has 0 N–H and O–H groups in total. The van der Waals surface area contributed by atoms with Gasteiger partial charge in [-0.25, -0.2) is 0 Å². The second kappa shape index (κ2) is 5.01.